The Morgan fingerprint density at radius 2 is 1.87 bits per heavy atom. The van der Waals surface area contributed by atoms with Gasteiger partial charge in [-0.25, -0.2) is 4.98 Å². The van der Waals surface area contributed by atoms with Gasteiger partial charge in [-0.1, -0.05) is 59.7 Å². The van der Waals surface area contributed by atoms with Crippen molar-refractivity contribution in [1.82, 2.24) is 19.7 Å². The molecule has 0 fully saturated rings. The number of fused-ring (bicyclic) bond motifs is 1. The van der Waals surface area contributed by atoms with E-state index in [0.29, 0.717) is 5.82 Å². The minimum atomic E-state index is -0.845. The highest BCUT2D eigenvalue weighted by Gasteiger charge is 2.27. The first kappa shape index (κ1) is 18.0. The van der Waals surface area contributed by atoms with Crippen LogP contribution >= 0.6 is 0 Å². The molecule has 0 amide bonds. The number of nitrogens with zero attached hydrogens (tertiary/aromatic N) is 5. The third kappa shape index (κ3) is 3.28. The number of nitrogens with one attached hydrogen (secondary N) is 1. The van der Waals surface area contributed by atoms with Crippen LogP contribution in [0.1, 0.15) is 16.7 Å². The van der Waals surface area contributed by atoms with Gasteiger partial charge in [-0.15, -0.1) is 5.10 Å². The van der Waals surface area contributed by atoms with Gasteiger partial charge < -0.3 is 14.3 Å². The maximum Gasteiger partial charge on any atom is 0.317 e. The second-order valence-electron chi connectivity index (χ2n) is 6.96. The van der Waals surface area contributed by atoms with Crippen LogP contribution in [0, 0.1) is 0 Å². The molecule has 8 nitrogen and oxygen atoms in total. The highest BCUT2D eigenvalue weighted by Crippen LogP contribution is 2.23. The monoisotopic (exact) mass is 398 g/mol. The van der Waals surface area contributed by atoms with Crippen molar-refractivity contribution >= 4 is 17.5 Å². The molecule has 1 atom stereocenters. The SMILES string of the molecule is Cn1ccnc1-c1nnc(N[C@H]2N=C(c3ccccc3)c3ccccc3CC2=O)o1. The third-order valence-corrected chi connectivity index (χ3v) is 4.95. The van der Waals surface area contributed by atoms with Crippen LogP contribution in [0.3, 0.4) is 0 Å². The maximum atomic E-state index is 13.0. The normalized spacial score (nSPS) is 16.0. The number of benzene rings is 2. The summed E-state index contributed by atoms with van der Waals surface area (Å²) >= 11 is 0. The summed E-state index contributed by atoms with van der Waals surface area (Å²) in [6.07, 6.45) is 2.85. The Morgan fingerprint density at radius 3 is 2.67 bits per heavy atom. The average Bonchev–Trinajstić information content (AvgIpc) is 3.37. The molecule has 1 N–H and O–H groups in total. The van der Waals surface area contributed by atoms with Crippen molar-refractivity contribution in [1.29, 1.82) is 0 Å². The van der Waals surface area contributed by atoms with Crippen LogP contribution in [0.2, 0.25) is 0 Å². The predicted molar refractivity (Wildman–Crippen MR) is 111 cm³/mol. The van der Waals surface area contributed by atoms with Crippen molar-refractivity contribution in [3.8, 4) is 11.7 Å². The first-order valence-corrected chi connectivity index (χ1v) is 9.51. The molecular weight excluding hydrogens is 380 g/mol. The topological polar surface area (TPSA) is 98.2 Å². The molecule has 1 aliphatic rings. The molecule has 0 saturated heterocycles. The summed E-state index contributed by atoms with van der Waals surface area (Å²) in [4.78, 5) is 21.9. The molecule has 0 aliphatic carbocycles. The smallest absolute Gasteiger partial charge is 0.317 e. The van der Waals surface area contributed by atoms with Crippen molar-refractivity contribution in [2.75, 3.05) is 5.32 Å². The Bertz CT molecular complexity index is 1240. The number of aromatic nitrogens is 4. The number of ketones is 1. The molecule has 8 heteroatoms. The van der Waals surface area contributed by atoms with E-state index in [2.05, 4.69) is 20.5 Å². The molecule has 148 valence electrons. The van der Waals surface area contributed by atoms with E-state index >= 15 is 0 Å². The molecule has 30 heavy (non-hydrogen) atoms. The fraction of sp³-hybridized carbons (Fsp3) is 0.136. The van der Waals surface area contributed by atoms with Crippen LogP contribution in [0.4, 0.5) is 6.01 Å². The standard InChI is InChI=1S/C22H18N6O2/c1-28-12-11-23-20(28)21-26-27-22(30-21)25-19-17(29)13-15-9-5-6-10-16(15)18(24-19)14-7-3-2-4-8-14/h2-12,19H,13H2,1H3,(H,25,27)/t19-/m1/s1. The highest BCUT2D eigenvalue weighted by atomic mass is 16.4. The number of carbonyl (C=O) groups excluding carboxylic acids is 1. The lowest BCUT2D eigenvalue weighted by atomic mass is 9.96. The second-order valence-corrected chi connectivity index (χ2v) is 6.96. The van der Waals surface area contributed by atoms with Crippen molar-refractivity contribution in [3.63, 3.8) is 0 Å². The van der Waals surface area contributed by atoms with Crippen molar-refractivity contribution in [3.05, 3.63) is 83.7 Å². The molecule has 2 aromatic carbocycles. The number of imidazole rings is 1. The average molecular weight is 398 g/mol. The van der Waals surface area contributed by atoms with E-state index in [0.717, 1.165) is 22.4 Å². The first-order valence-electron chi connectivity index (χ1n) is 9.51. The van der Waals surface area contributed by atoms with Gasteiger partial charge in [0.1, 0.15) is 0 Å². The van der Waals surface area contributed by atoms with Crippen molar-refractivity contribution in [2.24, 2.45) is 12.0 Å². The van der Waals surface area contributed by atoms with Gasteiger partial charge in [-0.05, 0) is 5.56 Å². The molecule has 0 saturated carbocycles. The van der Waals surface area contributed by atoms with Crippen LogP contribution in [0.25, 0.3) is 11.7 Å². The van der Waals surface area contributed by atoms with Crippen LogP contribution in [-0.2, 0) is 18.3 Å². The second kappa shape index (κ2) is 7.40. The minimum Gasteiger partial charge on any atom is -0.400 e. The van der Waals surface area contributed by atoms with E-state index in [4.69, 9.17) is 9.41 Å². The molecule has 2 aromatic heterocycles. The van der Waals surface area contributed by atoms with Crippen LogP contribution < -0.4 is 5.32 Å². The molecule has 5 rings (SSSR count). The van der Waals surface area contributed by atoms with E-state index in [9.17, 15) is 4.79 Å². The van der Waals surface area contributed by atoms with Crippen molar-refractivity contribution < 1.29 is 9.21 Å². The van der Waals surface area contributed by atoms with Crippen molar-refractivity contribution in [2.45, 2.75) is 12.6 Å². The predicted octanol–water partition coefficient (Wildman–Crippen LogP) is 2.87. The van der Waals surface area contributed by atoms with Gasteiger partial charge in [0.25, 0.3) is 5.89 Å². The van der Waals surface area contributed by atoms with E-state index < -0.39 is 6.17 Å². The molecule has 1 aliphatic heterocycles. The van der Waals surface area contributed by atoms with Gasteiger partial charge in [-0.2, -0.15) is 0 Å². The van der Waals surface area contributed by atoms with Crippen LogP contribution in [-0.4, -0.2) is 37.4 Å². The summed E-state index contributed by atoms with van der Waals surface area (Å²) in [6.45, 7) is 0. The molecule has 0 radical (unpaired) electrons. The fourth-order valence-electron chi connectivity index (χ4n) is 3.46. The van der Waals surface area contributed by atoms with E-state index in [1.54, 1.807) is 17.0 Å². The molecule has 0 spiro atoms. The number of anilines is 1. The van der Waals surface area contributed by atoms with Gasteiger partial charge in [0, 0.05) is 37.0 Å². The molecule has 0 unspecified atom stereocenters. The summed E-state index contributed by atoms with van der Waals surface area (Å²) in [5, 5.41) is 11.0. The largest absolute Gasteiger partial charge is 0.400 e. The van der Waals surface area contributed by atoms with Crippen LogP contribution in [0.5, 0.6) is 0 Å². The van der Waals surface area contributed by atoms with E-state index in [-0.39, 0.29) is 24.1 Å². The Morgan fingerprint density at radius 1 is 1.07 bits per heavy atom. The quantitative estimate of drug-likeness (QED) is 0.568. The number of hydrogen-bond donors (Lipinski definition) is 1. The highest BCUT2D eigenvalue weighted by molar-refractivity contribution is 6.16. The van der Waals surface area contributed by atoms with Gasteiger partial charge in [-0.3, -0.25) is 9.79 Å². The minimum absolute atomic E-state index is 0.0786. The lowest BCUT2D eigenvalue weighted by Gasteiger charge is -2.11. The zero-order valence-electron chi connectivity index (χ0n) is 16.2. The molecule has 3 heterocycles. The fourth-order valence-corrected chi connectivity index (χ4v) is 3.46. The summed E-state index contributed by atoms with van der Waals surface area (Å²) in [5.41, 5.74) is 3.57. The summed E-state index contributed by atoms with van der Waals surface area (Å²) in [5.74, 6) is 0.732. The first-order chi connectivity index (χ1) is 14.7. The number of rotatable bonds is 4. The van der Waals surface area contributed by atoms with Gasteiger partial charge in [0.2, 0.25) is 0 Å². The van der Waals surface area contributed by atoms with Crippen LogP contribution in [0.15, 0.2) is 76.4 Å². The zero-order chi connectivity index (χ0) is 20.5. The number of aryl methyl sites for hydroxylation is 1. The Kier molecular flexibility index (Phi) is 4.44. The van der Waals surface area contributed by atoms with E-state index in [1.165, 1.54) is 0 Å². The molecule has 0 bridgehead atoms. The maximum absolute atomic E-state index is 13.0. The number of hydrogen-bond acceptors (Lipinski definition) is 7. The Balaban J connectivity index is 1.52. The van der Waals surface area contributed by atoms with E-state index in [1.807, 2.05) is 61.6 Å². The summed E-state index contributed by atoms with van der Waals surface area (Å²) in [6, 6.07) is 17.8. The lowest BCUT2D eigenvalue weighted by Crippen LogP contribution is -2.29. The molecule has 4 aromatic rings. The van der Waals surface area contributed by atoms with Gasteiger partial charge in [0.05, 0.1) is 5.71 Å². The summed E-state index contributed by atoms with van der Waals surface area (Å²) in [7, 11) is 1.84. The summed E-state index contributed by atoms with van der Waals surface area (Å²) < 4.78 is 7.45. The molecular formula is C22H18N6O2. The van der Waals surface area contributed by atoms with Gasteiger partial charge >= 0.3 is 6.01 Å². The van der Waals surface area contributed by atoms with Gasteiger partial charge in [0.15, 0.2) is 17.8 Å². The number of aliphatic imine (C=N–C) groups is 1. The lowest BCUT2D eigenvalue weighted by molar-refractivity contribution is -0.119. The zero-order valence-corrected chi connectivity index (χ0v) is 16.2. The number of carbonyl (C=O) groups is 1. The Hall–Kier alpha value is -4.07. The third-order valence-electron chi connectivity index (χ3n) is 4.95. The Labute approximate surface area is 172 Å². The number of Topliss-reactive ketones (excluding diaryl/α,β-unsaturated/α-hetero) is 1.